The summed E-state index contributed by atoms with van der Waals surface area (Å²) < 4.78 is 4.47. The van der Waals surface area contributed by atoms with E-state index < -0.39 is 16.1 Å². The van der Waals surface area contributed by atoms with Crippen molar-refractivity contribution >= 4 is 49.1 Å². The molecular weight excluding hydrogens is 610 g/mol. The lowest BCUT2D eigenvalue weighted by Crippen LogP contribution is -3.00. The molecule has 0 fully saturated rings. The highest BCUT2D eigenvalue weighted by Crippen LogP contribution is 2.21. The Kier molecular flexibility index (Phi) is 11.3. The van der Waals surface area contributed by atoms with E-state index in [1.54, 1.807) is 22.7 Å². The Morgan fingerprint density at radius 2 is 1.16 bits per heavy atom. The maximum atomic E-state index is 6.03. The standard InChI is InChI=1S/C15H28N4S2Si2.2HI/c1-22(2,12-18-6-8-20-14(18)16)10-5-11-23(3,4)13-19-7-9-21-15(19)17;;/h6-9,16-17H,5,10-13H2,1-4H3;2*1H. The Hall–Kier alpha value is 0.754. The van der Waals surface area contributed by atoms with Crippen molar-refractivity contribution in [2.45, 2.75) is 57.0 Å². The molecular formula is C15H30I2N4S2Si2. The van der Waals surface area contributed by atoms with Gasteiger partial charge in [0.2, 0.25) is 0 Å². The molecule has 0 saturated heterocycles. The quantitative estimate of drug-likeness (QED) is 0.186. The summed E-state index contributed by atoms with van der Waals surface area (Å²) in [6, 6.07) is 2.74. The Morgan fingerprint density at radius 1 is 0.800 bits per heavy atom. The summed E-state index contributed by atoms with van der Waals surface area (Å²) in [4.78, 5) is 0. The van der Waals surface area contributed by atoms with Crippen LogP contribution < -0.4 is 68.6 Å². The van der Waals surface area contributed by atoms with Crippen LogP contribution in [0.5, 0.6) is 0 Å². The molecule has 2 aromatic heterocycles. The van der Waals surface area contributed by atoms with Crippen LogP contribution in [0, 0.1) is 0 Å². The zero-order valence-corrected chi connectivity index (χ0v) is 23.4. The monoisotopic (exact) mass is 640 g/mol. The van der Waals surface area contributed by atoms with Crippen LogP contribution in [-0.2, 0) is 12.3 Å². The minimum absolute atomic E-state index is 0. The summed E-state index contributed by atoms with van der Waals surface area (Å²) >= 11 is 3.27. The summed E-state index contributed by atoms with van der Waals surface area (Å²) in [5, 5.41) is 6.03. The third-order valence-corrected chi connectivity index (χ3v) is 11.6. The van der Waals surface area contributed by atoms with Crippen molar-refractivity contribution in [1.29, 1.82) is 0 Å². The number of aromatic nitrogens is 2. The molecule has 0 saturated carbocycles. The molecule has 0 radical (unpaired) electrons. The van der Waals surface area contributed by atoms with E-state index in [1.807, 2.05) is 0 Å². The van der Waals surface area contributed by atoms with Crippen LogP contribution in [0.15, 0.2) is 23.2 Å². The van der Waals surface area contributed by atoms with Gasteiger partial charge in [0, 0.05) is 10.8 Å². The summed E-state index contributed by atoms with van der Waals surface area (Å²) in [7, 11) is -2.49. The molecule has 2 aromatic rings. The largest absolute Gasteiger partial charge is 1.00 e. The zero-order chi connectivity index (χ0) is 17.1. The lowest BCUT2D eigenvalue weighted by Gasteiger charge is -2.24. The highest BCUT2D eigenvalue weighted by Gasteiger charge is 2.29. The maximum Gasteiger partial charge on any atom is 0.331 e. The summed E-state index contributed by atoms with van der Waals surface area (Å²) in [6.45, 7) is 9.93. The average Bonchev–Trinajstić information content (AvgIpc) is 2.98. The molecule has 4 nitrogen and oxygen atoms in total. The third-order valence-electron chi connectivity index (χ3n) is 4.33. The maximum absolute atomic E-state index is 6.03. The highest BCUT2D eigenvalue weighted by molar-refractivity contribution is 7.13. The number of thiazole rings is 2. The molecule has 0 spiro atoms. The first-order chi connectivity index (χ1) is 10.7. The van der Waals surface area contributed by atoms with Gasteiger partial charge in [0.15, 0.2) is 0 Å². The first-order valence-electron chi connectivity index (χ1n) is 8.13. The second kappa shape index (κ2) is 10.9. The molecule has 2 heterocycles. The predicted molar refractivity (Wildman–Crippen MR) is 107 cm³/mol. The van der Waals surface area contributed by atoms with Gasteiger partial charge in [0.1, 0.15) is 12.4 Å². The molecule has 144 valence electrons. The predicted octanol–water partition coefficient (Wildman–Crippen LogP) is -2.86. The number of nitrogen functional groups attached to an aromatic ring is 2. The van der Waals surface area contributed by atoms with Crippen molar-refractivity contribution in [3.63, 3.8) is 0 Å². The van der Waals surface area contributed by atoms with E-state index in [4.69, 9.17) is 11.5 Å². The van der Waals surface area contributed by atoms with Gasteiger partial charge in [0.25, 0.3) is 0 Å². The second-order valence-electron chi connectivity index (χ2n) is 7.92. The van der Waals surface area contributed by atoms with Gasteiger partial charge in [-0.1, -0.05) is 67.4 Å². The Morgan fingerprint density at radius 3 is 1.44 bits per heavy atom. The molecule has 0 atom stereocenters. The fourth-order valence-corrected chi connectivity index (χ4v) is 9.80. The van der Waals surface area contributed by atoms with Gasteiger partial charge in [-0.05, 0) is 0 Å². The van der Waals surface area contributed by atoms with Crippen molar-refractivity contribution in [2.24, 2.45) is 0 Å². The van der Waals surface area contributed by atoms with Crippen molar-refractivity contribution in [1.82, 2.24) is 0 Å². The Bertz CT molecular complexity index is 593. The lowest BCUT2D eigenvalue weighted by atomic mass is 10.6. The van der Waals surface area contributed by atoms with Crippen LogP contribution in [-0.4, -0.2) is 16.1 Å². The molecule has 4 N–H and O–H groups in total. The third kappa shape index (κ3) is 8.53. The number of hydrogen-bond acceptors (Lipinski definition) is 4. The average molecular weight is 641 g/mol. The molecule has 25 heavy (non-hydrogen) atoms. The minimum atomic E-state index is -1.25. The molecule has 2 rings (SSSR count). The van der Waals surface area contributed by atoms with E-state index in [1.165, 1.54) is 18.5 Å². The van der Waals surface area contributed by atoms with Crippen molar-refractivity contribution in [2.75, 3.05) is 11.5 Å². The smallest absolute Gasteiger partial charge is 0.331 e. The molecule has 0 amide bonds. The molecule has 0 unspecified atom stereocenters. The van der Waals surface area contributed by atoms with E-state index in [9.17, 15) is 0 Å². The van der Waals surface area contributed by atoms with Crippen molar-refractivity contribution < 1.29 is 57.1 Å². The first kappa shape index (κ1) is 25.8. The number of anilines is 2. The lowest BCUT2D eigenvalue weighted by molar-refractivity contribution is -0.662. The number of hydrogen-bond donors (Lipinski definition) is 2. The van der Waals surface area contributed by atoms with Gasteiger partial charge in [-0.25, -0.2) is 9.13 Å². The van der Waals surface area contributed by atoms with E-state index in [0.29, 0.717) is 0 Å². The summed E-state index contributed by atoms with van der Waals surface area (Å²) in [6.07, 6.45) is 7.87. The Balaban J connectivity index is 0.00000288. The normalized spacial score (nSPS) is 11.7. The van der Waals surface area contributed by atoms with Crippen molar-refractivity contribution in [3.8, 4) is 0 Å². The number of nitrogens with two attached hydrogens (primary N) is 2. The summed E-state index contributed by atoms with van der Waals surface area (Å²) in [5.74, 6) is 0. The second-order valence-corrected chi connectivity index (χ2v) is 20.1. The van der Waals surface area contributed by atoms with E-state index >= 15 is 0 Å². The first-order valence-corrected chi connectivity index (χ1v) is 16.7. The van der Waals surface area contributed by atoms with Gasteiger partial charge in [-0.15, -0.1) is 0 Å². The molecule has 0 aromatic carbocycles. The van der Waals surface area contributed by atoms with E-state index in [-0.39, 0.29) is 48.0 Å². The topological polar surface area (TPSA) is 59.8 Å². The van der Waals surface area contributed by atoms with Gasteiger partial charge >= 0.3 is 10.3 Å². The molecule has 0 aliphatic carbocycles. The van der Waals surface area contributed by atoms with Crippen LogP contribution in [0.2, 0.25) is 38.3 Å². The Labute approximate surface area is 196 Å². The fraction of sp³-hybridized carbons (Fsp3) is 0.600. The zero-order valence-electron chi connectivity index (χ0n) is 15.5. The number of nitrogens with zero attached hydrogens (tertiary/aromatic N) is 2. The van der Waals surface area contributed by atoms with Gasteiger partial charge in [0.05, 0.1) is 28.5 Å². The fourth-order valence-electron chi connectivity index (χ4n) is 3.02. The molecule has 0 aliphatic heterocycles. The van der Waals surface area contributed by atoms with Crippen LogP contribution >= 0.6 is 22.7 Å². The number of halogens is 2. The van der Waals surface area contributed by atoms with Crippen molar-refractivity contribution in [3.05, 3.63) is 23.2 Å². The van der Waals surface area contributed by atoms with Gasteiger partial charge in [-0.3, -0.25) is 11.5 Å². The van der Waals surface area contributed by atoms with E-state index in [2.05, 4.69) is 58.5 Å². The SMILES string of the molecule is C[Si](C)(CCC[Si](C)(C)C[n+]1ccsc1N)C[n+]1ccsc1N.[I-].[I-]. The van der Waals surface area contributed by atoms with Gasteiger partial charge < -0.3 is 48.0 Å². The highest BCUT2D eigenvalue weighted by atomic mass is 127. The molecule has 10 heteroatoms. The van der Waals surface area contributed by atoms with E-state index in [0.717, 1.165) is 22.6 Å². The molecule has 0 aliphatic rings. The summed E-state index contributed by atoms with van der Waals surface area (Å²) in [5.41, 5.74) is 12.1. The van der Waals surface area contributed by atoms with Crippen LogP contribution in [0.25, 0.3) is 0 Å². The number of rotatable bonds is 8. The van der Waals surface area contributed by atoms with Crippen LogP contribution in [0.4, 0.5) is 10.3 Å². The van der Waals surface area contributed by atoms with Crippen LogP contribution in [0.3, 0.4) is 0 Å². The molecule has 0 bridgehead atoms. The van der Waals surface area contributed by atoms with Crippen LogP contribution in [0.1, 0.15) is 6.42 Å². The minimum Gasteiger partial charge on any atom is -1.00 e. The van der Waals surface area contributed by atoms with Gasteiger partial charge in [-0.2, -0.15) is 0 Å².